The summed E-state index contributed by atoms with van der Waals surface area (Å²) in [5.74, 6) is 0. The van der Waals surface area contributed by atoms with E-state index in [1.54, 1.807) is 7.11 Å². The molecule has 0 spiro atoms. The first-order valence-electron chi connectivity index (χ1n) is 6.58. The molecule has 0 aliphatic heterocycles. The Kier molecular flexibility index (Phi) is 11.3. The van der Waals surface area contributed by atoms with Crippen molar-refractivity contribution in [3.63, 3.8) is 0 Å². The van der Waals surface area contributed by atoms with Crippen LogP contribution in [0.4, 0.5) is 0 Å². The van der Waals surface area contributed by atoms with E-state index in [0.29, 0.717) is 12.1 Å². The molecule has 3 nitrogen and oxygen atoms in total. The lowest BCUT2D eigenvalue weighted by molar-refractivity contribution is 0.0851. The Balaban J connectivity index is 3.70. The smallest absolute Gasteiger partial charge is 0.0619 e. The third-order valence-electron chi connectivity index (χ3n) is 2.67. The Bertz CT molecular complexity index is 142. The molecule has 2 unspecified atom stereocenters. The molecule has 1 N–H and O–H groups in total. The summed E-state index contributed by atoms with van der Waals surface area (Å²) in [6.45, 7) is 9.20. The second kappa shape index (κ2) is 11.4. The van der Waals surface area contributed by atoms with Crippen molar-refractivity contribution in [1.82, 2.24) is 5.32 Å². The molecule has 2 atom stereocenters. The van der Waals surface area contributed by atoms with Gasteiger partial charge in [-0.15, -0.1) is 0 Å². The van der Waals surface area contributed by atoms with Crippen LogP contribution in [0.1, 0.15) is 46.5 Å². The highest BCUT2D eigenvalue weighted by Crippen LogP contribution is 2.05. The quantitative estimate of drug-likeness (QED) is 0.554. The van der Waals surface area contributed by atoms with Crippen LogP contribution in [0.2, 0.25) is 0 Å². The van der Waals surface area contributed by atoms with E-state index in [2.05, 4.69) is 26.1 Å². The van der Waals surface area contributed by atoms with Crippen LogP contribution in [0.5, 0.6) is 0 Å². The summed E-state index contributed by atoms with van der Waals surface area (Å²) in [5.41, 5.74) is 0. The number of hydrogen-bond acceptors (Lipinski definition) is 3. The summed E-state index contributed by atoms with van der Waals surface area (Å²) < 4.78 is 10.9. The molecule has 0 aliphatic carbocycles. The summed E-state index contributed by atoms with van der Waals surface area (Å²) >= 11 is 0. The Morgan fingerprint density at radius 3 is 2.44 bits per heavy atom. The van der Waals surface area contributed by atoms with E-state index >= 15 is 0 Å². The van der Waals surface area contributed by atoms with Crippen LogP contribution >= 0.6 is 0 Å². The van der Waals surface area contributed by atoms with E-state index < -0.39 is 0 Å². The average molecular weight is 231 g/mol. The van der Waals surface area contributed by atoms with Gasteiger partial charge in [-0.3, -0.25) is 0 Å². The Morgan fingerprint density at radius 2 is 1.88 bits per heavy atom. The zero-order chi connectivity index (χ0) is 12.2. The molecule has 0 bridgehead atoms. The molecule has 0 fully saturated rings. The maximum absolute atomic E-state index is 5.60. The van der Waals surface area contributed by atoms with Crippen molar-refractivity contribution < 1.29 is 9.47 Å². The van der Waals surface area contributed by atoms with Crippen molar-refractivity contribution in [2.45, 2.75) is 58.6 Å². The van der Waals surface area contributed by atoms with Crippen molar-refractivity contribution in [3.8, 4) is 0 Å². The summed E-state index contributed by atoms with van der Waals surface area (Å²) in [4.78, 5) is 0. The molecule has 0 aromatic carbocycles. The van der Waals surface area contributed by atoms with Gasteiger partial charge >= 0.3 is 0 Å². The predicted molar refractivity (Wildman–Crippen MR) is 68.9 cm³/mol. The third kappa shape index (κ3) is 9.13. The van der Waals surface area contributed by atoms with Gasteiger partial charge in [0.2, 0.25) is 0 Å². The van der Waals surface area contributed by atoms with Gasteiger partial charge in [-0.1, -0.05) is 13.8 Å². The lowest BCUT2D eigenvalue weighted by Gasteiger charge is -2.20. The van der Waals surface area contributed by atoms with Gasteiger partial charge < -0.3 is 14.8 Å². The van der Waals surface area contributed by atoms with Gasteiger partial charge in [0.05, 0.1) is 12.7 Å². The van der Waals surface area contributed by atoms with Crippen LogP contribution in [0.25, 0.3) is 0 Å². The molecular weight excluding hydrogens is 202 g/mol. The van der Waals surface area contributed by atoms with Crippen molar-refractivity contribution in [1.29, 1.82) is 0 Å². The van der Waals surface area contributed by atoms with E-state index in [-0.39, 0.29) is 0 Å². The maximum Gasteiger partial charge on any atom is 0.0619 e. The molecule has 0 saturated heterocycles. The van der Waals surface area contributed by atoms with Crippen LogP contribution in [-0.2, 0) is 9.47 Å². The molecule has 0 rings (SSSR count). The van der Waals surface area contributed by atoms with Crippen molar-refractivity contribution in [2.24, 2.45) is 0 Å². The zero-order valence-corrected chi connectivity index (χ0v) is 11.4. The highest BCUT2D eigenvalue weighted by atomic mass is 16.5. The number of nitrogens with one attached hydrogen (secondary N) is 1. The molecule has 0 aliphatic rings. The lowest BCUT2D eigenvalue weighted by Crippen LogP contribution is -2.35. The molecule has 0 saturated carbocycles. The summed E-state index contributed by atoms with van der Waals surface area (Å²) in [6, 6.07) is 0.476. The fourth-order valence-corrected chi connectivity index (χ4v) is 1.52. The fourth-order valence-electron chi connectivity index (χ4n) is 1.52. The number of rotatable bonds is 11. The highest BCUT2D eigenvalue weighted by molar-refractivity contribution is 4.67. The molecule has 98 valence electrons. The monoisotopic (exact) mass is 231 g/mol. The minimum Gasteiger partial charge on any atom is -0.382 e. The average Bonchev–Trinajstić information content (AvgIpc) is 2.31. The van der Waals surface area contributed by atoms with Crippen molar-refractivity contribution in [2.75, 3.05) is 26.9 Å². The Labute approximate surface area is 101 Å². The van der Waals surface area contributed by atoms with Crippen LogP contribution in [0.15, 0.2) is 0 Å². The van der Waals surface area contributed by atoms with Crippen LogP contribution in [-0.4, -0.2) is 39.0 Å². The van der Waals surface area contributed by atoms with Crippen LogP contribution < -0.4 is 5.32 Å². The summed E-state index contributed by atoms with van der Waals surface area (Å²) in [5, 5.41) is 3.53. The summed E-state index contributed by atoms with van der Waals surface area (Å²) in [7, 11) is 1.77. The standard InChI is InChI=1S/C13H29NO2/c1-5-9-14-13(11-16-10-6-2)8-7-12(3)15-4/h12-14H,5-11H2,1-4H3. The Morgan fingerprint density at radius 1 is 1.12 bits per heavy atom. The van der Waals surface area contributed by atoms with E-state index in [9.17, 15) is 0 Å². The fraction of sp³-hybridized carbons (Fsp3) is 1.00. The molecule has 16 heavy (non-hydrogen) atoms. The van der Waals surface area contributed by atoms with E-state index in [0.717, 1.165) is 39.0 Å². The normalized spacial score (nSPS) is 15.0. The van der Waals surface area contributed by atoms with Crippen molar-refractivity contribution in [3.05, 3.63) is 0 Å². The van der Waals surface area contributed by atoms with Gasteiger partial charge in [-0.2, -0.15) is 0 Å². The summed E-state index contributed by atoms with van der Waals surface area (Å²) in [6.07, 6.45) is 4.82. The van der Waals surface area contributed by atoms with Crippen LogP contribution in [0.3, 0.4) is 0 Å². The van der Waals surface area contributed by atoms with Gasteiger partial charge in [0.1, 0.15) is 0 Å². The third-order valence-corrected chi connectivity index (χ3v) is 2.67. The van der Waals surface area contributed by atoms with E-state index in [1.165, 1.54) is 6.42 Å². The van der Waals surface area contributed by atoms with E-state index in [1.807, 2.05) is 0 Å². The van der Waals surface area contributed by atoms with Crippen molar-refractivity contribution >= 4 is 0 Å². The highest BCUT2D eigenvalue weighted by Gasteiger charge is 2.10. The van der Waals surface area contributed by atoms with E-state index in [4.69, 9.17) is 9.47 Å². The second-order valence-corrected chi connectivity index (χ2v) is 4.35. The SMILES string of the molecule is CCCNC(CCC(C)OC)COCCC. The first-order valence-corrected chi connectivity index (χ1v) is 6.58. The molecule has 0 aromatic rings. The van der Waals surface area contributed by atoms with Gasteiger partial charge in [0.25, 0.3) is 0 Å². The van der Waals surface area contributed by atoms with Gasteiger partial charge in [0, 0.05) is 19.8 Å². The minimum absolute atomic E-state index is 0.345. The largest absolute Gasteiger partial charge is 0.382 e. The first-order chi connectivity index (χ1) is 7.74. The molecule has 0 amide bonds. The zero-order valence-electron chi connectivity index (χ0n) is 11.4. The van der Waals surface area contributed by atoms with Gasteiger partial charge in [0.15, 0.2) is 0 Å². The van der Waals surface area contributed by atoms with Crippen LogP contribution in [0, 0.1) is 0 Å². The topological polar surface area (TPSA) is 30.5 Å². The number of hydrogen-bond donors (Lipinski definition) is 1. The lowest BCUT2D eigenvalue weighted by atomic mass is 10.1. The predicted octanol–water partition coefficient (Wildman–Crippen LogP) is 2.60. The number of ether oxygens (including phenoxy) is 2. The van der Waals surface area contributed by atoms with Gasteiger partial charge in [-0.25, -0.2) is 0 Å². The maximum atomic E-state index is 5.60. The first kappa shape index (κ1) is 15.9. The number of methoxy groups -OCH3 is 1. The molecule has 0 radical (unpaired) electrons. The Hall–Kier alpha value is -0.120. The molecule has 0 heterocycles. The van der Waals surface area contributed by atoms with Gasteiger partial charge in [-0.05, 0) is 39.2 Å². The minimum atomic E-state index is 0.345. The molecule has 3 heteroatoms. The second-order valence-electron chi connectivity index (χ2n) is 4.35. The molecular formula is C13H29NO2. The molecule has 0 aromatic heterocycles.